The minimum absolute atomic E-state index is 0.373. The Hall–Kier alpha value is -2.35. The highest BCUT2D eigenvalue weighted by molar-refractivity contribution is 5.95. The molecule has 1 atom stereocenters. The molecule has 0 spiro atoms. The molecule has 5 nitrogen and oxygen atoms in total. The quantitative estimate of drug-likeness (QED) is 0.762. The van der Waals surface area contributed by atoms with Gasteiger partial charge in [0.2, 0.25) is 0 Å². The van der Waals surface area contributed by atoms with E-state index >= 15 is 0 Å². The zero-order chi connectivity index (χ0) is 13.1. The minimum Gasteiger partial charge on any atom is -0.481 e. The summed E-state index contributed by atoms with van der Waals surface area (Å²) in [5, 5.41) is 27.0. The molecule has 0 aliphatic rings. The van der Waals surface area contributed by atoms with E-state index in [0.29, 0.717) is 5.56 Å². The summed E-state index contributed by atoms with van der Waals surface area (Å²) in [7, 11) is 0. The first-order chi connectivity index (χ1) is 7.93. The lowest BCUT2D eigenvalue weighted by molar-refractivity contribution is -0.156. The van der Waals surface area contributed by atoms with Crippen molar-refractivity contribution in [3.05, 3.63) is 35.9 Å². The molecule has 17 heavy (non-hydrogen) atoms. The van der Waals surface area contributed by atoms with Gasteiger partial charge in [0.05, 0.1) is 6.07 Å². The van der Waals surface area contributed by atoms with Crippen molar-refractivity contribution in [1.82, 2.24) is 0 Å². The highest BCUT2D eigenvalue weighted by Gasteiger charge is 2.46. The maximum absolute atomic E-state index is 11.0. The van der Waals surface area contributed by atoms with Crippen LogP contribution in [0.25, 0.3) is 0 Å². The predicted octanol–water partition coefficient (Wildman–Crippen LogP) is 1.25. The molecule has 1 rings (SSSR count). The maximum Gasteiger partial charge on any atom is 0.319 e. The van der Waals surface area contributed by atoms with Gasteiger partial charge in [-0.15, -0.1) is 0 Å². The predicted molar refractivity (Wildman–Crippen MR) is 58.2 cm³/mol. The molecule has 0 radical (unpaired) electrons. The van der Waals surface area contributed by atoms with E-state index in [4.69, 9.17) is 15.5 Å². The molecule has 0 heterocycles. The first kappa shape index (κ1) is 12.7. The van der Waals surface area contributed by atoms with Gasteiger partial charge in [-0.2, -0.15) is 5.26 Å². The van der Waals surface area contributed by atoms with Crippen LogP contribution in [-0.2, 0) is 15.0 Å². The van der Waals surface area contributed by atoms with E-state index in [1.807, 2.05) is 0 Å². The topological polar surface area (TPSA) is 98.4 Å². The average Bonchev–Trinajstić information content (AvgIpc) is 2.29. The van der Waals surface area contributed by atoms with E-state index in [2.05, 4.69) is 0 Å². The molecule has 0 aliphatic heterocycles. The van der Waals surface area contributed by atoms with Crippen molar-refractivity contribution in [2.75, 3.05) is 0 Å². The summed E-state index contributed by atoms with van der Waals surface area (Å²) in [6.45, 7) is 1.31. The minimum atomic E-state index is -1.80. The molecule has 0 aliphatic carbocycles. The van der Waals surface area contributed by atoms with Gasteiger partial charge in [0.15, 0.2) is 5.92 Å². The molecule has 0 saturated heterocycles. The maximum atomic E-state index is 11.0. The van der Waals surface area contributed by atoms with Crippen LogP contribution < -0.4 is 0 Å². The second kappa shape index (κ2) is 4.66. The van der Waals surface area contributed by atoms with Crippen LogP contribution in [0.4, 0.5) is 0 Å². The molecular formula is C12H11NO4. The zero-order valence-corrected chi connectivity index (χ0v) is 9.12. The smallest absolute Gasteiger partial charge is 0.319 e. The Balaban J connectivity index is 3.35. The molecule has 1 unspecified atom stereocenters. The van der Waals surface area contributed by atoms with Crippen LogP contribution in [0, 0.1) is 17.2 Å². The van der Waals surface area contributed by atoms with Gasteiger partial charge < -0.3 is 10.2 Å². The monoisotopic (exact) mass is 233 g/mol. The van der Waals surface area contributed by atoms with Crippen LogP contribution in [-0.4, -0.2) is 22.2 Å². The number of carboxylic acids is 2. The fraction of sp³-hybridized carbons (Fsp3) is 0.250. The second-order valence-electron chi connectivity index (χ2n) is 3.79. The Kier molecular flexibility index (Phi) is 3.49. The highest BCUT2D eigenvalue weighted by atomic mass is 16.4. The normalized spacial score (nSPS) is 13.7. The van der Waals surface area contributed by atoms with Crippen LogP contribution in [0.5, 0.6) is 0 Å². The lowest BCUT2D eigenvalue weighted by atomic mass is 9.73. The summed E-state index contributed by atoms with van der Waals surface area (Å²) in [5.74, 6) is -4.84. The molecule has 0 bridgehead atoms. The number of hydrogen-bond donors (Lipinski definition) is 2. The van der Waals surface area contributed by atoms with E-state index in [0.717, 1.165) is 0 Å². The van der Waals surface area contributed by atoms with E-state index < -0.39 is 23.3 Å². The number of aliphatic carboxylic acids is 2. The SMILES string of the molecule is CC(C#N)(c1ccccc1)C(C(=O)O)C(=O)O. The number of nitriles is 1. The summed E-state index contributed by atoms with van der Waals surface area (Å²) in [5.41, 5.74) is -1.23. The van der Waals surface area contributed by atoms with Crippen LogP contribution in [0.1, 0.15) is 12.5 Å². The van der Waals surface area contributed by atoms with Crippen LogP contribution in [0.15, 0.2) is 30.3 Å². The van der Waals surface area contributed by atoms with Gasteiger partial charge in [-0.3, -0.25) is 9.59 Å². The van der Waals surface area contributed by atoms with Gasteiger partial charge in [-0.25, -0.2) is 0 Å². The Morgan fingerprint density at radius 3 is 2.06 bits per heavy atom. The summed E-state index contributed by atoms with van der Waals surface area (Å²) >= 11 is 0. The zero-order valence-electron chi connectivity index (χ0n) is 9.12. The summed E-state index contributed by atoms with van der Waals surface area (Å²) in [6, 6.07) is 9.85. The third kappa shape index (κ3) is 2.26. The van der Waals surface area contributed by atoms with E-state index in [1.165, 1.54) is 6.92 Å². The van der Waals surface area contributed by atoms with Gasteiger partial charge in [-0.1, -0.05) is 30.3 Å². The van der Waals surface area contributed by atoms with Gasteiger partial charge in [0, 0.05) is 0 Å². The molecule has 1 aromatic carbocycles. The fourth-order valence-electron chi connectivity index (χ4n) is 1.68. The number of nitrogens with zero attached hydrogens (tertiary/aromatic N) is 1. The van der Waals surface area contributed by atoms with Crippen LogP contribution in [0.3, 0.4) is 0 Å². The van der Waals surface area contributed by atoms with Gasteiger partial charge in [0.25, 0.3) is 0 Å². The number of carboxylic acid groups (broad SMARTS) is 2. The van der Waals surface area contributed by atoms with E-state index in [1.54, 1.807) is 36.4 Å². The lowest BCUT2D eigenvalue weighted by Gasteiger charge is -2.25. The Morgan fingerprint density at radius 1 is 1.24 bits per heavy atom. The number of rotatable bonds is 4. The molecule has 0 saturated carbocycles. The molecule has 2 N–H and O–H groups in total. The molecule has 0 aromatic heterocycles. The lowest BCUT2D eigenvalue weighted by Crippen LogP contribution is -2.41. The van der Waals surface area contributed by atoms with Gasteiger partial charge in [0.1, 0.15) is 5.41 Å². The standard InChI is InChI=1S/C12H11NO4/c1-12(7-13,8-5-3-2-4-6-8)9(10(14)15)11(16)17/h2-6,9H,1H3,(H,14,15)(H,16,17). The molecule has 88 valence electrons. The summed E-state index contributed by atoms with van der Waals surface area (Å²) in [4.78, 5) is 22.0. The van der Waals surface area contributed by atoms with E-state index in [-0.39, 0.29) is 0 Å². The molecule has 0 amide bonds. The second-order valence-corrected chi connectivity index (χ2v) is 3.79. The molecule has 5 heteroatoms. The van der Waals surface area contributed by atoms with Crippen molar-refractivity contribution >= 4 is 11.9 Å². The highest BCUT2D eigenvalue weighted by Crippen LogP contribution is 2.32. The van der Waals surface area contributed by atoms with Gasteiger partial charge >= 0.3 is 11.9 Å². The summed E-state index contributed by atoms with van der Waals surface area (Å²) < 4.78 is 0. The third-order valence-electron chi connectivity index (χ3n) is 2.68. The number of benzene rings is 1. The Morgan fingerprint density at radius 2 is 1.71 bits per heavy atom. The fourth-order valence-corrected chi connectivity index (χ4v) is 1.68. The van der Waals surface area contributed by atoms with Crippen molar-refractivity contribution in [3.63, 3.8) is 0 Å². The van der Waals surface area contributed by atoms with E-state index in [9.17, 15) is 9.59 Å². The molecular weight excluding hydrogens is 222 g/mol. The number of carbonyl (C=O) groups is 2. The summed E-state index contributed by atoms with van der Waals surface area (Å²) in [6.07, 6.45) is 0. The Labute approximate surface area is 97.9 Å². The van der Waals surface area contributed by atoms with Crippen molar-refractivity contribution in [3.8, 4) is 6.07 Å². The number of hydrogen-bond acceptors (Lipinski definition) is 3. The van der Waals surface area contributed by atoms with Crippen molar-refractivity contribution < 1.29 is 19.8 Å². The van der Waals surface area contributed by atoms with Crippen molar-refractivity contribution in [2.24, 2.45) is 5.92 Å². The van der Waals surface area contributed by atoms with Gasteiger partial charge in [-0.05, 0) is 12.5 Å². The Bertz CT molecular complexity index is 463. The van der Waals surface area contributed by atoms with Crippen LogP contribution >= 0.6 is 0 Å². The van der Waals surface area contributed by atoms with Crippen LogP contribution in [0.2, 0.25) is 0 Å². The van der Waals surface area contributed by atoms with Crippen molar-refractivity contribution in [1.29, 1.82) is 5.26 Å². The largest absolute Gasteiger partial charge is 0.481 e. The first-order valence-electron chi connectivity index (χ1n) is 4.86. The third-order valence-corrected chi connectivity index (χ3v) is 2.68. The molecule has 1 aromatic rings. The molecule has 0 fully saturated rings. The first-order valence-corrected chi connectivity index (χ1v) is 4.86. The average molecular weight is 233 g/mol. The van der Waals surface area contributed by atoms with Crippen molar-refractivity contribution in [2.45, 2.75) is 12.3 Å².